The van der Waals surface area contributed by atoms with Crippen molar-refractivity contribution in [2.24, 2.45) is 13.0 Å². The van der Waals surface area contributed by atoms with Gasteiger partial charge >= 0.3 is 6.03 Å². The van der Waals surface area contributed by atoms with Gasteiger partial charge < -0.3 is 9.64 Å². The molecule has 2 atom stereocenters. The molecule has 6 nitrogen and oxygen atoms in total. The zero-order valence-electron chi connectivity index (χ0n) is 14.4. The van der Waals surface area contributed by atoms with E-state index >= 15 is 0 Å². The predicted octanol–water partition coefficient (Wildman–Crippen LogP) is 2.83. The van der Waals surface area contributed by atoms with Crippen LogP contribution in [0, 0.1) is 5.92 Å². The maximum atomic E-state index is 12.6. The molecule has 24 heavy (non-hydrogen) atoms. The lowest BCUT2D eigenvalue weighted by molar-refractivity contribution is 0.0670. The molecule has 1 aromatic heterocycles. The molecule has 2 amide bonds. The van der Waals surface area contributed by atoms with Crippen LogP contribution in [0.25, 0.3) is 0 Å². The fourth-order valence-corrected chi connectivity index (χ4v) is 3.21. The molecular weight excluding hydrogens is 304 g/mol. The fourth-order valence-electron chi connectivity index (χ4n) is 3.21. The van der Waals surface area contributed by atoms with E-state index in [2.05, 4.69) is 29.5 Å². The van der Waals surface area contributed by atoms with E-state index in [1.165, 1.54) is 5.56 Å². The van der Waals surface area contributed by atoms with Crippen molar-refractivity contribution >= 4 is 11.8 Å². The predicted molar refractivity (Wildman–Crippen MR) is 92.9 cm³/mol. The second-order valence-corrected chi connectivity index (χ2v) is 6.30. The van der Waals surface area contributed by atoms with Crippen molar-refractivity contribution < 1.29 is 9.53 Å². The number of nitrogens with one attached hydrogen (secondary N) is 1. The van der Waals surface area contributed by atoms with Crippen LogP contribution in [0.5, 0.6) is 0 Å². The Kier molecular flexibility index (Phi) is 4.85. The Bertz CT molecular complexity index is 698. The van der Waals surface area contributed by atoms with Crippen molar-refractivity contribution in [3.8, 4) is 0 Å². The molecule has 0 saturated carbocycles. The Hall–Kier alpha value is -2.34. The van der Waals surface area contributed by atoms with Crippen LogP contribution >= 0.6 is 0 Å². The van der Waals surface area contributed by atoms with Gasteiger partial charge in [-0.2, -0.15) is 5.10 Å². The van der Waals surface area contributed by atoms with Crippen LogP contribution in [0.4, 0.5) is 10.6 Å². The van der Waals surface area contributed by atoms with Gasteiger partial charge in [-0.3, -0.25) is 10.00 Å². The van der Waals surface area contributed by atoms with E-state index in [4.69, 9.17) is 4.74 Å². The summed E-state index contributed by atoms with van der Waals surface area (Å²) < 4.78 is 6.77. The number of anilines is 1. The van der Waals surface area contributed by atoms with Crippen LogP contribution in [-0.2, 0) is 18.2 Å². The highest BCUT2D eigenvalue weighted by Gasteiger charge is 2.40. The Morgan fingerprint density at radius 3 is 2.79 bits per heavy atom. The number of hydrogen-bond donors (Lipinski definition) is 1. The zero-order valence-corrected chi connectivity index (χ0v) is 14.4. The third kappa shape index (κ3) is 3.28. The number of hydrogen-bond acceptors (Lipinski definition) is 3. The van der Waals surface area contributed by atoms with Crippen LogP contribution in [0.3, 0.4) is 0 Å². The lowest BCUT2D eigenvalue weighted by Crippen LogP contribution is -2.53. The molecule has 1 fully saturated rings. The Morgan fingerprint density at radius 2 is 2.12 bits per heavy atom. The number of benzene rings is 1. The van der Waals surface area contributed by atoms with E-state index in [9.17, 15) is 4.79 Å². The number of methoxy groups -OCH3 is 1. The fraction of sp³-hybridized carbons (Fsp3) is 0.444. The standard InChI is InChI=1S/C18H24N4O2/c1-13-12-22(17(13)14-7-5-4-6-8-14)18(23)19-16-11-15(9-10-24-3)20-21(16)2/h4-8,11,13,17H,9-10,12H2,1-3H3,(H,19,23)/t13-,17+/m0/s1. The molecule has 1 N–H and O–H groups in total. The number of aromatic nitrogens is 2. The molecule has 2 heterocycles. The van der Waals surface area contributed by atoms with Gasteiger partial charge in [0.15, 0.2) is 0 Å². The second-order valence-electron chi connectivity index (χ2n) is 6.30. The molecule has 0 unspecified atom stereocenters. The van der Waals surface area contributed by atoms with E-state index in [0.29, 0.717) is 18.3 Å². The van der Waals surface area contributed by atoms with Crippen molar-refractivity contribution in [3.05, 3.63) is 47.7 Å². The van der Waals surface area contributed by atoms with Gasteiger partial charge in [-0.1, -0.05) is 37.3 Å². The number of rotatable bonds is 5. The van der Waals surface area contributed by atoms with Gasteiger partial charge in [-0.05, 0) is 11.5 Å². The average molecular weight is 328 g/mol. The van der Waals surface area contributed by atoms with Crippen molar-refractivity contribution in [2.45, 2.75) is 19.4 Å². The summed E-state index contributed by atoms with van der Waals surface area (Å²) in [6.07, 6.45) is 0.730. The van der Waals surface area contributed by atoms with E-state index in [-0.39, 0.29) is 12.1 Å². The minimum absolute atomic E-state index is 0.0803. The quantitative estimate of drug-likeness (QED) is 0.918. The Balaban J connectivity index is 1.68. The second kappa shape index (κ2) is 7.05. The topological polar surface area (TPSA) is 59.4 Å². The molecule has 0 aliphatic carbocycles. The number of aryl methyl sites for hydroxylation is 1. The minimum Gasteiger partial charge on any atom is -0.384 e. The van der Waals surface area contributed by atoms with Crippen LogP contribution < -0.4 is 5.32 Å². The molecule has 2 aromatic rings. The van der Waals surface area contributed by atoms with E-state index in [1.54, 1.807) is 11.8 Å². The molecular formula is C18H24N4O2. The highest BCUT2D eigenvalue weighted by atomic mass is 16.5. The van der Waals surface area contributed by atoms with Gasteiger partial charge in [-0.25, -0.2) is 4.79 Å². The van der Waals surface area contributed by atoms with Crippen LogP contribution in [0.15, 0.2) is 36.4 Å². The van der Waals surface area contributed by atoms with Gasteiger partial charge in [0.25, 0.3) is 0 Å². The first-order valence-electron chi connectivity index (χ1n) is 8.24. The third-order valence-corrected chi connectivity index (χ3v) is 4.49. The summed E-state index contributed by atoms with van der Waals surface area (Å²) >= 11 is 0. The van der Waals surface area contributed by atoms with Gasteiger partial charge in [0, 0.05) is 33.2 Å². The summed E-state index contributed by atoms with van der Waals surface area (Å²) in [5, 5.41) is 7.38. The summed E-state index contributed by atoms with van der Waals surface area (Å²) in [6, 6.07) is 12.1. The van der Waals surface area contributed by atoms with E-state index in [1.807, 2.05) is 36.2 Å². The van der Waals surface area contributed by atoms with Crippen molar-refractivity contribution in [1.29, 1.82) is 0 Å². The lowest BCUT2D eigenvalue weighted by Gasteiger charge is -2.46. The van der Waals surface area contributed by atoms with Crippen molar-refractivity contribution in [3.63, 3.8) is 0 Å². The Morgan fingerprint density at radius 1 is 1.38 bits per heavy atom. The summed E-state index contributed by atoms with van der Waals surface area (Å²) in [5.74, 6) is 1.17. The normalized spacial score (nSPS) is 19.9. The largest absolute Gasteiger partial charge is 0.384 e. The Labute approximate surface area is 142 Å². The number of carbonyl (C=O) groups excluding carboxylic acids is 1. The van der Waals surface area contributed by atoms with Crippen molar-refractivity contribution in [1.82, 2.24) is 14.7 Å². The van der Waals surface area contributed by atoms with Crippen molar-refractivity contribution in [2.75, 3.05) is 25.6 Å². The third-order valence-electron chi connectivity index (χ3n) is 4.49. The number of amides is 2. The van der Waals surface area contributed by atoms with Gasteiger partial charge in [0.1, 0.15) is 5.82 Å². The molecule has 1 aliphatic rings. The average Bonchev–Trinajstić information content (AvgIpc) is 2.91. The molecule has 0 spiro atoms. The van der Waals surface area contributed by atoms with Gasteiger partial charge in [-0.15, -0.1) is 0 Å². The molecule has 1 aromatic carbocycles. The monoisotopic (exact) mass is 328 g/mol. The molecule has 6 heteroatoms. The lowest BCUT2D eigenvalue weighted by atomic mass is 9.85. The first kappa shape index (κ1) is 16.5. The highest BCUT2D eigenvalue weighted by molar-refractivity contribution is 5.89. The molecule has 0 radical (unpaired) electrons. The van der Waals surface area contributed by atoms with E-state index < -0.39 is 0 Å². The maximum Gasteiger partial charge on any atom is 0.323 e. The molecule has 128 valence electrons. The van der Waals surface area contributed by atoms with E-state index in [0.717, 1.165) is 18.7 Å². The minimum atomic E-state index is -0.0803. The number of nitrogens with zero attached hydrogens (tertiary/aromatic N) is 3. The summed E-state index contributed by atoms with van der Waals surface area (Å²) in [5.41, 5.74) is 2.09. The van der Waals surface area contributed by atoms with Crippen LogP contribution in [-0.4, -0.2) is 41.0 Å². The molecule has 1 saturated heterocycles. The summed E-state index contributed by atoms with van der Waals surface area (Å²) in [7, 11) is 3.50. The first-order chi connectivity index (χ1) is 11.6. The number of likely N-dealkylation sites (tertiary alicyclic amines) is 1. The van der Waals surface area contributed by atoms with Gasteiger partial charge in [0.05, 0.1) is 18.3 Å². The van der Waals surface area contributed by atoms with Crippen LogP contribution in [0.2, 0.25) is 0 Å². The highest BCUT2D eigenvalue weighted by Crippen LogP contribution is 2.38. The number of ether oxygens (including phenoxy) is 1. The molecule has 1 aliphatic heterocycles. The number of urea groups is 1. The first-order valence-corrected chi connectivity index (χ1v) is 8.24. The van der Waals surface area contributed by atoms with Gasteiger partial charge in [0.2, 0.25) is 0 Å². The molecule has 3 rings (SSSR count). The zero-order chi connectivity index (χ0) is 17.1. The number of carbonyl (C=O) groups is 1. The SMILES string of the molecule is COCCc1cc(NC(=O)N2C[C@H](C)[C@@H]2c2ccccc2)n(C)n1. The molecule has 0 bridgehead atoms. The summed E-state index contributed by atoms with van der Waals surface area (Å²) in [4.78, 5) is 14.5. The van der Waals surface area contributed by atoms with Crippen LogP contribution in [0.1, 0.15) is 24.2 Å². The summed E-state index contributed by atoms with van der Waals surface area (Å²) in [6.45, 7) is 3.55. The maximum absolute atomic E-state index is 12.6. The smallest absolute Gasteiger partial charge is 0.323 e.